The minimum atomic E-state index is -0.134. The lowest BCUT2D eigenvalue weighted by atomic mass is 9.98. The quantitative estimate of drug-likeness (QED) is 0.633. The van der Waals surface area contributed by atoms with Crippen LogP contribution in [0.5, 0.6) is 11.5 Å². The van der Waals surface area contributed by atoms with Gasteiger partial charge < -0.3 is 15.1 Å². The highest BCUT2D eigenvalue weighted by molar-refractivity contribution is 5.87. The predicted molar refractivity (Wildman–Crippen MR) is 72.9 cm³/mol. The smallest absolute Gasteiger partial charge is 0.246 e. The van der Waals surface area contributed by atoms with Crippen molar-refractivity contribution >= 4 is 5.91 Å². The average molecular weight is 261 g/mol. The van der Waals surface area contributed by atoms with Crippen molar-refractivity contribution in [3.8, 4) is 11.5 Å². The molecule has 0 unspecified atom stereocenters. The zero-order valence-electron chi connectivity index (χ0n) is 11.3. The Balaban J connectivity index is 2.14. The van der Waals surface area contributed by atoms with Crippen molar-refractivity contribution in [3.05, 3.63) is 35.4 Å². The van der Waals surface area contributed by atoms with E-state index in [-0.39, 0.29) is 17.4 Å². The number of fused-ring (bicyclic) bond motifs is 1. The van der Waals surface area contributed by atoms with Gasteiger partial charge in [0, 0.05) is 13.1 Å². The van der Waals surface area contributed by atoms with Crippen molar-refractivity contribution in [2.24, 2.45) is 5.92 Å². The van der Waals surface area contributed by atoms with Crippen LogP contribution in [0.25, 0.3) is 0 Å². The largest absolute Gasteiger partial charge is 0.504 e. The number of rotatable bonds is 2. The lowest BCUT2D eigenvalue weighted by Gasteiger charge is -2.28. The Morgan fingerprint density at radius 2 is 1.89 bits per heavy atom. The van der Waals surface area contributed by atoms with Crippen LogP contribution in [0.2, 0.25) is 0 Å². The van der Waals surface area contributed by atoms with E-state index in [9.17, 15) is 15.0 Å². The van der Waals surface area contributed by atoms with Crippen LogP contribution in [-0.2, 0) is 17.8 Å². The van der Waals surface area contributed by atoms with Gasteiger partial charge in [0.2, 0.25) is 5.91 Å². The fourth-order valence-electron chi connectivity index (χ4n) is 2.15. The molecule has 1 aromatic rings. The van der Waals surface area contributed by atoms with Crippen LogP contribution in [-0.4, -0.2) is 27.6 Å². The molecule has 19 heavy (non-hydrogen) atoms. The monoisotopic (exact) mass is 261 g/mol. The summed E-state index contributed by atoms with van der Waals surface area (Å²) in [4.78, 5) is 13.7. The van der Waals surface area contributed by atoms with Crippen molar-refractivity contribution in [1.82, 2.24) is 4.90 Å². The number of phenols is 2. The number of nitrogens with zero attached hydrogens (tertiary/aromatic N) is 1. The highest BCUT2D eigenvalue weighted by atomic mass is 16.3. The first-order valence-corrected chi connectivity index (χ1v) is 6.48. The molecule has 1 aliphatic heterocycles. The molecule has 1 heterocycles. The number of aromatic hydroxyl groups is 2. The molecule has 102 valence electrons. The number of carbonyl (C=O) groups excluding carboxylic acids is 1. The van der Waals surface area contributed by atoms with Crippen molar-refractivity contribution in [1.29, 1.82) is 0 Å². The third kappa shape index (κ3) is 3.08. The van der Waals surface area contributed by atoms with Gasteiger partial charge in [0.25, 0.3) is 0 Å². The number of amides is 1. The van der Waals surface area contributed by atoms with E-state index in [1.807, 2.05) is 19.9 Å². The summed E-state index contributed by atoms with van der Waals surface area (Å²) in [6, 6.07) is 3.12. The summed E-state index contributed by atoms with van der Waals surface area (Å²) in [6.45, 7) is 5.16. The van der Waals surface area contributed by atoms with E-state index < -0.39 is 0 Å². The van der Waals surface area contributed by atoms with Gasteiger partial charge in [-0.05, 0) is 41.7 Å². The van der Waals surface area contributed by atoms with Crippen molar-refractivity contribution in [2.75, 3.05) is 6.54 Å². The van der Waals surface area contributed by atoms with Gasteiger partial charge in [0.1, 0.15) is 0 Å². The van der Waals surface area contributed by atoms with E-state index in [0.717, 1.165) is 11.1 Å². The van der Waals surface area contributed by atoms with Crippen molar-refractivity contribution in [2.45, 2.75) is 26.8 Å². The van der Waals surface area contributed by atoms with E-state index in [4.69, 9.17) is 0 Å². The van der Waals surface area contributed by atoms with Gasteiger partial charge in [0.15, 0.2) is 11.5 Å². The molecule has 0 radical (unpaired) electrons. The summed E-state index contributed by atoms with van der Waals surface area (Å²) in [7, 11) is 0. The molecular formula is C15H19NO3. The second-order valence-electron chi connectivity index (χ2n) is 5.22. The summed E-state index contributed by atoms with van der Waals surface area (Å²) in [6.07, 6.45) is 4.19. The maximum atomic E-state index is 12.0. The van der Waals surface area contributed by atoms with Gasteiger partial charge in [0.05, 0.1) is 0 Å². The highest BCUT2D eigenvalue weighted by Gasteiger charge is 2.20. The SMILES string of the molecule is CC(C)/C=C/C(=O)N1CCc2cc(O)c(O)cc2C1. The summed E-state index contributed by atoms with van der Waals surface area (Å²) < 4.78 is 0. The first-order chi connectivity index (χ1) is 8.97. The summed E-state index contributed by atoms with van der Waals surface area (Å²) in [5, 5.41) is 19.0. The number of carbonyl (C=O) groups is 1. The van der Waals surface area contributed by atoms with Crippen LogP contribution in [0.4, 0.5) is 0 Å². The normalized spacial score (nSPS) is 15.0. The first-order valence-electron chi connectivity index (χ1n) is 6.48. The Morgan fingerprint density at radius 1 is 1.26 bits per heavy atom. The number of allylic oxidation sites excluding steroid dienone is 1. The lowest BCUT2D eigenvalue weighted by Crippen LogP contribution is -2.34. The number of hydrogen-bond donors (Lipinski definition) is 2. The van der Waals surface area contributed by atoms with Gasteiger partial charge in [-0.15, -0.1) is 0 Å². The molecule has 1 amide bonds. The second kappa shape index (κ2) is 5.34. The average Bonchev–Trinajstić information content (AvgIpc) is 2.36. The fourth-order valence-corrected chi connectivity index (χ4v) is 2.15. The van der Waals surface area contributed by atoms with E-state index in [1.165, 1.54) is 6.07 Å². The first kappa shape index (κ1) is 13.5. The molecule has 0 fully saturated rings. The molecule has 0 saturated carbocycles. The van der Waals surface area contributed by atoms with Gasteiger partial charge in [-0.25, -0.2) is 0 Å². The van der Waals surface area contributed by atoms with Gasteiger partial charge in [-0.2, -0.15) is 0 Å². The fraction of sp³-hybridized carbons (Fsp3) is 0.400. The summed E-state index contributed by atoms with van der Waals surface area (Å²) >= 11 is 0. The Kier molecular flexibility index (Phi) is 3.79. The molecule has 0 atom stereocenters. The highest BCUT2D eigenvalue weighted by Crippen LogP contribution is 2.31. The van der Waals surface area contributed by atoms with E-state index in [2.05, 4.69) is 0 Å². The maximum absolute atomic E-state index is 12.0. The second-order valence-corrected chi connectivity index (χ2v) is 5.22. The molecule has 2 N–H and O–H groups in total. The third-order valence-corrected chi connectivity index (χ3v) is 3.24. The van der Waals surface area contributed by atoms with Crippen molar-refractivity contribution < 1.29 is 15.0 Å². The molecule has 0 aromatic heterocycles. The third-order valence-electron chi connectivity index (χ3n) is 3.24. The summed E-state index contributed by atoms with van der Waals surface area (Å²) in [5.74, 6) is 0.109. The van der Waals surface area contributed by atoms with Gasteiger partial charge in [-0.3, -0.25) is 4.79 Å². The van der Waals surface area contributed by atoms with Crippen LogP contribution in [0, 0.1) is 5.92 Å². The van der Waals surface area contributed by atoms with E-state index in [0.29, 0.717) is 25.4 Å². The Labute approximate surface area is 113 Å². The zero-order chi connectivity index (χ0) is 14.0. The molecule has 1 aliphatic rings. The lowest BCUT2D eigenvalue weighted by molar-refractivity contribution is -0.126. The zero-order valence-corrected chi connectivity index (χ0v) is 11.3. The van der Waals surface area contributed by atoms with Crippen LogP contribution >= 0.6 is 0 Å². The molecule has 0 aliphatic carbocycles. The molecule has 1 aromatic carbocycles. The predicted octanol–water partition coefficient (Wildman–Crippen LogP) is 2.19. The topological polar surface area (TPSA) is 60.8 Å². The number of benzene rings is 1. The molecule has 2 rings (SSSR count). The minimum absolute atomic E-state index is 0.00749. The van der Waals surface area contributed by atoms with Gasteiger partial charge in [-0.1, -0.05) is 19.9 Å². The Morgan fingerprint density at radius 3 is 2.53 bits per heavy atom. The maximum Gasteiger partial charge on any atom is 0.246 e. The van der Waals surface area contributed by atoms with E-state index in [1.54, 1.807) is 17.0 Å². The Hall–Kier alpha value is -1.97. The standard InChI is InChI=1S/C15H19NO3/c1-10(2)3-4-15(19)16-6-5-11-7-13(17)14(18)8-12(11)9-16/h3-4,7-8,10,17-18H,5-6,9H2,1-2H3/b4-3+. The molecular weight excluding hydrogens is 242 g/mol. The number of hydrogen-bond acceptors (Lipinski definition) is 3. The van der Waals surface area contributed by atoms with Crippen molar-refractivity contribution in [3.63, 3.8) is 0 Å². The number of phenolic OH excluding ortho intramolecular Hbond substituents is 2. The summed E-state index contributed by atoms with van der Waals surface area (Å²) in [5.41, 5.74) is 1.89. The van der Waals surface area contributed by atoms with Crippen LogP contribution in [0.15, 0.2) is 24.3 Å². The van der Waals surface area contributed by atoms with E-state index >= 15 is 0 Å². The van der Waals surface area contributed by atoms with Crippen LogP contribution in [0.3, 0.4) is 0 Å². The molecule has 4 nitrogen and oxygen atoms in total. The minimum Gasteiger partial charge on any atom is -0.504 e. The van der Waals surface area contributed by atoms with Gasteiger partial charge >= 0.3 is 0 Å². The van der Waals surface area contributed by atoms with Crippen LogP contribution in [0.1, 0.15) is 25.0 Å². The van der Waals surface area contributed by atoms with Crippen LogP contribution < -0.4 is 0 Å². The molecule has 0 saturated heterocycles. The molecule has 0 spiro atoms. The molecule has 4 heteroatoms. The Bertz CT molecular complexity index is 520. The molecule has 0 bridgehead atoms.